The first-order valence-corrected chi connectivity index (χ1v) is 5.93. The van der Waals surface area contributed by atoms with Crippen molar-refractivity contribution in [2.75, 3.05) is 5.75 Å². The highest BCUT2D eigenvalue weighted by molar-refractivity contribution is 8.14. The maximum atomic E-state index is 11.7. The van der Waals surface area contributed by atoms with Gasteiger partial charge in [0.2, 0.25) is 11.0 Å². The van der Waals surface area contributed by atoms with E-state index in [-0.39, 0.29) is 22.5 Å². The second kappa shape index (κ2) is 4.34. The number of carbonyl (C=O) groups is 2. The van der Waals surface area contributed by atoms with Gasteiger partial charge in [0.05, 0.1) is 6.04 Å². The van der Waals surface area contributed by atoms with E-state index in [4.69, 9.17) is 0 Å². The van der Waals surface area contributed by atoms with Crippen molar-refractivity contribution in [1.82, 2.24) is 5.32 Å². The van der Waals surface area contributed by atoms with Crippen LogP contribution in [0.2, 0.25) is 0 Å². The third-order valence-electron chi connectivity index (χ3n) is 2.74. The third kappa shape index (κ3) is 2.50. The fourth-order valence-electron chi connectivity index (χ4n) is 1.14. The molecule has 1 fully saturated rings. The van der Waals surface area contributed by atoms with Crippen molar-refractivity contribution in [2.45, 2.75) is 39.7 Å². The minimum Gasteiger partial charge on any atom is -0.345 e. The van der Waals surface area contributed by atoms with Crippen LogP contribution in [0.3, 0.4) is 0 Å². The van der Waals surface area contributed by atoms with Crippen LogP contribution in [0, 0.1) is 5.41 Å². The van der Waals surface area contributed by atoms with E-state index >= 15 is 0 Å². The van der Waals surface area contributed by atoms with Crippen molar-refractivity contribution in [2.24, 2.45) is 5.41 Å². The number of nitrogens with one attached hydrogen (secondary N) is 1. The molecule has 1 aliphatic heterocycles. The van der Waals surface area contributed by atoms with Gasteiger partial charge in [0.1, 0.15) is 0 Å². The average Bonchev–Trinajstić information content (AvgIpc) is 2.52. The molecule has 80 valence electrons. The molecule has 0 bridgehead atoms. The zero-order valence-corrected chi connectivity index (χ0v) is 9.74. The molecule has 0 aromatic carbocycles. The van der Waals surface area contributed by atoms with Crippen LogP contribution in [0.25, 0.3) is 0 Å². The number of rotatable bonds is 3. The quantitative estimate of drug-likeness (QED) is 0.777. The third-order valence-corrected chi connectivity index (χ3v) is 3.75. The number of thioether (sulfide) groups is 1. The van der Waals surface area contributed by atoms with Crippen LogP contribution in [0.4, 0.5) is 0 Å². The van der Waals surface area contributed by atoms with Crippen molar-refractivity contribution in [3.05, 3.63) is 0 Å². The first-order chi connectivity index (χ1) is 6.47. The zero-order valence-electron chi connectivity index (χ0n) is 8.92. The molecule has 14 heavy (non-hydrogen) atoms. The summed E-state index contributed by atoms with van der Waals surface area (Å²) in [6, 6.07) is -0.252. The summed E-state index contributed by atoms with van der Waals surface area (Å²) < 4.78 is 0. The summed E-state index contributed by atoms with van der Waals surface area (Å²) in [5, 5.41) is 2.91. The molecule has 1 rings (SSSR count). The molecule has 1 saturated heterocycles. The van der Waals surface area contributed by atoms with Gasteiger partial charge in [-0.3, -0.25) is 9.59 Å². The lowest BCUT2D eigenvalue weighted by Gasteiger charge is -2.23. The van der Waals surface area contributed by atoms with Gasteiger partial charge < -0.3 is 5.32 Å². The lowest BCUT2D eigenvalue weighted by molar-refractivity contribution is -0.131. The molecular weight excluding hydrogens is 198 g/mol. The topological polar surface area (TPSA) is 46.2 Å². The monoisotopic (exact) mass is 215 g/mol. The van der Waals surface area contributed by atoms with Crippen LogP contribution >= 0.6 is 11.8 Å². The Bertz CT molecular complexity index is 251. The van der Waals surface area contributed by atoms with E-state index in [9.17, 15) is 9.59 Å². The normalized spacial score (nSPS) is 22.5. The summed E-state index contributed by atoms with van der Waals surface area (Å²) >= 11 is 1.31. The van der Waals surface area contributed by atoms with Crippen molar-refractivity contribution in [1.29, 1.82) is 0 Å². The molecule has 1 amide bonds. The molecule has 1 aliphatic rings. The Labute approximate surface area is 89.0 Å². The lowest BCUT2D eigenvalue weighted by Crippen LogP contribution is -2.44. The fraction of sp³-hybridized carbons (Fsp3) is 0.800. The van der Waals surface area contributed by atoms with Crippen molar-refractivity contribution in [3.8, 4) is 0 Å². The standard InChI is InChI=1S/C10H17NO2S/c1-4-10(2,3)9(13)11-7-5-6-14-8(7)12/h7H,4-6H2,1-3H3,(H,11,13). The summed E-state index contributed by atoms with van der Waals surface area (Å²) in [7, 11) is 0. The molecule has 0 aromatic rings. The molecule has 1 atom stereocenters. The molecule has 3 nitrogen and oxygen atoms in total. The van der Waals surface area contributed by atoms with Crippen LogP contribution in [0.5, 0.6) is 0 Å². The van der Waals surface area contributed by atoms with E-state index in [1.807, 2.05) is 20.8 Å². The van der Waals surface area contributed by atoms with Crippen LogP contribution in [0.1, 0.15) is 33.6 Å². The Morgan fingerprint density at radius 1 is 1.64 bits per heavy atom. The zero-order chi connectivity index (χ0) is 10.8. The molecule has 0 aliphatic carbocycles. The summed E-state index contributed by atoms with van der Waals surface area (Å²) in [6.45, 7) is 5.77. The molecule has 1 N–H and O–H groups in total. The van der Waals surface area contributed by atoms with E-state index in [1.54, 1.807) is 0 Å². The van der Waals surface area contributed by atoms with Crippen molar-refractivity contribution in [3.63, 3.8) is 0 Å². The maximum absolute atomic E-state index is 11.7. The molecule has 4 heteroatoms. The fourth-order valence-corrected chi connectivity index (χ4v) is 2.07. The van der Waals surface area contributed by atoms with Crippen LogP contribution in [0.15, 0.2) is 0 Å². The molecular formula is C10H17NO2S. The average molecular weight is 215 g/mol. The smallest absolute Gasteiger partial charge is 0.226 e. The summed E-state index contributed by atoms with van der Waals surface area (Å²) in [5.74, 6) is 0.817. The molecule has 0 saturated carbocycles. The molecule has 0 spiro atoms. The number of hydrogen-bond acceptors (Lipinski definition) is 3. The Hall–Kier alpha value is -0.510. The largest absolute Gasteiger partial charge is 0.345 e. The van der Waals surface area contributed by atoms with Gasteiger partial charge >= 0.3 is 0 Å². The minimum atomic E-state index is -0.368. The van der Waals surface area contributed by atoms with Gasteiger partial charge in [-0.05, 0) is 12.8 Å². The van der Waals surface area contributed by atoms with Crippen LogP contribution in [-0.4, -0.2) is 22.8 Å². The maximum Gasteiger partial charge on any atom is 0.226 e. The summed E-state index contributed by atoms with van der Waals surface area (Å²) in [5.41, 5.74) is -0.368. The lowest BCUT2D eigenvalue weighted by atomic mass is 9.89. The number of hydrogen-bond donors (Lipinski definition) is 1. The highest BCUT2D eigenvalue weighted by Crippen LogP contribution is 2.23. The predicted molar refractivity (Wildman–Crippen MR) is 58.1 cm³/mol. The van der Waals surface area contributed by atoms with Gasteiger partial charge in [0.25, 0.3) is 0 Å². The van der Waals surface area contributed by atoms with Gasteiger partial charge in [0, 0.05) is 11.2 Å². The molecule has 0 aromatic heterocycles. The highest BCUT2D eigenvalue weighted by atomic mass is 32.2. The Morgan fingerprint density at radius 3 is 2.71 bits per heavy atom. The number of amides is 1. The first-order valence-electron chi connectivity index (χ1n) is 4.95. The van der Waals surface area contributed by atoms with Crippen LogP contribution in [-0.2, 0) is 9.59 Å². The first kappa shape index (κ1) is 11.6. The van der Waals surface area contributed by atoms with E-state index in [1.165, 1.54) is 11.8 Å². The van der Waals surface area contributed by atoms with E-state index in [0.717, 1.165) is 18.6 Å². The van der Waals surface area contributed by atoms with Crippen molar-refractivity contribution < 1.29 is 9.59 Å². The van der Waals surface area contributed by atoms with E-state index in [2.05, 4.69) is 5.32 Å². The predicted octanol–water partition coefficient (Wildman–Crippen LogP) is 1.57. The molecule has 1 heterocycles. The SMILES string of the molecule is CCC(C)(C)C(=O)NC1CCSC1=O. The van der Waals surface area contributed by atoms with Gasteiger partial charge in [-0.25, -0.2) is 0 Å². The van der Waals surface area contributed by atoms with Gasteiger partial charge in [0.15, 0.2) is 0 Å². The Kier molecular flexibility index (Phi) is 3.59. The second-order valence-electron chi connectivity index (χ2n) is 4.22. The summed E-state index contributed by atoms with van der Waals surface area (Å²) in [6.07, 6.45) is 1.56. The van der Waals surface area contributed by atoms with Gasteiger partial charge in [-0.2, -0.15) is 0 Å². The molecule has 1 unspecified atom stereocenters. The highest BCUT2D eigenvalue weighted by Gasteiger charge is 2.32. The Morgan fingerprint density at radius 2 is 2.29 bits per heavy atom. The van der Waals surface area contributed by atoms with E-state index < -0.39 is 0 Å². The summed E-state index contributed by atoms with van der Waals surface area (Å²) in [4.78, 5) is 23.0. The number of carbonyl (C=O) groups excluding carboxylic acids is 2. The Balaban J connectivity index is 2.52. The van der Waals surface area contributed by atoms with E-state index in [0.29, 0.717) is 0 Å². The van der Waals surface area contributed by atoms with Gasteiger partial charge in [-0.15, -0.1) is 0 Å². The minimum absolute atomic E-state index is 0.0131. The van der Waals surface area contributed by atoms with Crippen LogP contribution < -0.4 is 5.32 Å². The van der Waals surface area contributed by atoms with Gasteiger partial charge in [-0.1, -0.05) is 32.5 Å². The second-order valence-corrected chi connectivity index (χ2v) is 5.32. The molecule has 0 radical (unpaired) electrons. The van der Waals surface area contributed by atoms with Crippen molar-refractivity contribution >= 4 is 22.8 Å².